The van der Waals surface area contributed by atoms with Gasteiger partial charge in [0.25, 0.3) is 0 Å². The number of aryl methyl sites for hydroxylation is 1. The molecule has 1 aromatic carbocycles. The maximum Gasteiger partial charge on any atom is 0.245 e. The Morgan fingerprint density at radius 3 is 2.89 bits per heavy atom. The molecule has 2 aliphatic rings. The first-order valence-corrected chi connectivity index (χ1v) is 11.9. The lowest BCUT2D eigenvalue weighted by atomic mass is 9.99. The van der Waals surface area contributed by atoms with Crippen LogP contribution < -0.4 is 0 Å². The van der Waals surface area contributed by atoms with Gasteiger partial charge in [-0.05, 0) is 50.7 Å². The van der Waals surface area contributed by atoms with Crippen LogP contribution in [0, 0.1) is 12.8 Å². The van der Waals surface area contributed by atoms with Gasteiger partial charge in [-0.1, -0.05) is 6.07 Å². The van der Waals surface area contributed by atoms with Crippen molar-refractivity contribution in [2.45, 2.75) is 50.0 Å². The maximum atomic E-state index is 13.3. The third-order valence-corrected chi connectivity index (χ3v) is 8.26. The van der Waals surface area contributed by atoms with Gasteiger partial charge in [0.15, 0.2) is 0 Å². The number of hydrogen-bond acceptors (Lipinski definition) is 6. The molecular formula is C19H23N5O2S2. The summed E-state index contributed by atoms with van der Waals surface area (Å²) in [4.78, 5) is 4.88. The molecule has 1 saturated carbocycles. The van der Waals surface area contributed by atoms with E-state index >= 15 is 0 Å². The van der Waals surface area contributed by atoms with Crippen LogP contribution in [0.15, 0.2) is 29.3 Å². The third kappa shape index (κ3) is 3.15. The van der Waals surface area contributed by atoms with Crippen LogP contribution in [-0.4, -0.2) is 44.1 Å². The fourth-order valence-corrected chi connectivity index (χ4v) is 6.47. The molecule has 148 valence electrons. The molecule has 0 bridgehead atoms. The molecule has 1 unspecified atom stereocenters. The van der Waals surface area contributed by atoms with E-state index in [2.05, 4.69) is 25.2 Å². The molecule has 9 heteroatoms. The first kappa shape index (κ1) is 18.2. The van der Waals surface area contributed by atoms with Crippen molar-refractivity contribution < 1.29 is 8.42 Å². The summed E-state index contributed by atoms with van der Waals surface area (Å²) in [6, 6.07) is 5.20. The minimum atomic E-state index is -3.58. The molecule has 0 spiro atoms. The van der Waals surface area contributed by atoms with Crippen LogP contribution in [0.2, 0.25) is 0 Å². The normalized spacial score (nSPS) is 21.4. The summed E-state index contributed by atoms with van der Waals surface area (Å²) >= 11 is 1.05. The van der Waals surface area contributed by atoms with Gasteiger partial charge >= 0.3 is 0 Å². The van der Waals surface area contributed by atoms with E-state index in [0.717, 1.165) is 31.1 Å². The fourth-order valence-electron chi connectivity index (χ4n) is 4.17. The molecule has 1 saturated heterocycles. The van der Waals surface area contributed by atoms with E-state index in [1.807, 2.05) is 6.20 Å². The second-order valence-electron chi connectivity index (χ2n) is 7.90. The lowest BCUT2D eigenvalue weighted by Crippen LogP contribution is -2.41. The zero-order valence-corrected chi connectivity index (χ0v) is 17.4. The number of sulfonamides is 1. The first-order chi connectivity index (χ1) is 13.5. The minimum Gasteiger partial charge on any atom is -0.332 e. The lowest BCUT2D eigenvalue weighted by molar-refractivity contribution is 0.243. The molecule has 0 N–H and O–H groups in total. The Labute approximate surface area is 168 Å². The Morgan fingerprint density at radius 1 is 1.21 bits per heavy atom. The van der Waals surface area contributed by atoms with E-state index in [4.69, 9.17) is 0 Å². The second kappa shape index (κ2) is 6.89. The van der Waals surface area contributed by atoms with Crippen molar-refractivity contribution in [1.82, 2.24) is 22.6 Å². The van der Waals surface area contributed by atoms with Gasteiger partial charge in [-0.15, -0.1) is 0 Å². The van der Waals surface area contributed by atoms with Crippen LogP contribution in [0.5, 0.6) is 0 Å². The fraction of sp³-hybridized carbons (Fsp3) is 0.526. The summed E-state index contributed by atoms with van der Waals surface area (Å²) in [5.74, 6) is 2.06. The van der Waals surface area contributed by atoms with Gasteiger partial charge in [0, 0.05) is 37.4 Å². The zero-order chi connectivity index (χ0) is 19.3. The van der Waals surface area contributed by atoms with Crippen molar-refractivity contribution in [1.29, 1.82) is 0 Å². The Bertz CT molecular complexity index is 1120. The monoisotopic (exact) mass is 417 g/mol. The highest BCUT2D eigenvalue weighted by Gasteiger charge is 2.34. The number of piperidine rings is 1. The number of rotatable bonds is 5. The van der Waals surface area contributed by atoms with E-state index in [1.54, 1.807) is 22.5 Å². The van der Waals surface area contributed by atoms with Crippen LogP contribution >= 0.6 is 11.7 Å². The van der Waals surface area contributed by atoms with Gasteiger partial charge in [0.1, 0.15) is 21.8 Å². The molecule has 3 aromatic rings. The van der Waals surface area contributed by atoms with E-state index in [1.165, 1.54) is 24.4 Å². The van der Waals surface area contributed by atoms with Gasteiger partial charge < -0.3 is 4.57 Å². The summed E-state index contributed by atoms with van der Waals surface area (Å²) in [6.45, 7) is 4.03. The molecule has 0 radical (unpaired) electrons. The number of imidazole rings is 1. The van der Waals surface area contributed by atoms with E-state index < -0.39 is 10.0 Å². The molecule has 1 aliphatic heterocycles. The van der Waals surface area contributed by atoms with Crippen molar-refractivity contribution in [2.24, 2.45) is 5.92 Å². The number of nitrogens with zero attached hydrogens (tertiary/aromatic N) is 5. The highest BCUT2D eigenvalue weighted by molar-refractivity contribution is 7.89. The predicted molar refractivity (Wildman–Crippen MR) is 108 cm³/mol. The first-order valence-electron chi connectivity index (χ1n) is 9.77. The molecule has 28 heavy (non-hydrogen) atoms. The summed E-state index contributed by atoms with van der Waals surface area (Å²) in [6.07, 6.45) is 6.29. The Hall–Kier alpha value is -1.84. The molecule has 2 fully saturated rings. The molecule has 1 aliphatic carbocycles. The average Bonchev–Trinajstić information content (AvgIpc) is 3.31. The molecular weight excluding hydrogens is 394 g/mol. The topological polar surface area (TPSA) is 81.0 Å². The molecule has 3 heterocycles. The van der Waals surface area contributed by atoms with Gasteiger partial charge in [-0.3, -0.25) is 0 Å². The smallest absolute Gasteiger partial charge is 0.245 e. The summed E-state index contributed by atoms with van der Waals surface area (Å²) in [5, 5.41) is 0. The lowest BCUT2D eigenvalue weighted by Gasteiger charge is -2.32. The van der Waals surface area contributed by atoms with E-state index in [-0.39, 0.29) is 4.90 Å². The van der Waals surface area contributed by atoms with Crippen LogP contribution in [0.4, 0.5) is 0 Å². The quantitative estimate of drug-likeness (QED) is 0.637. The van der Waals surface area contributed by atoms with E-state index in [9.17, 15) is 8.42 Å². The van der Waals surface area contributed by atoms with E-state index in [0.29, 0.717) is 36.0 Å². The standard InChI is InChI=1S/C19H23N5O2S2/c1-13-10-20-19(15-7-8-15)24(13)12-14-4-3-9-23(11-14)28(25,26)17-6-2-5-16-18(17)22-27-21-16/h2,5-6,10,14-15H,3-4,7-9,11-12H2,1H3. The summed E-state index contributed by atoms with van der Waals surface area (Å²) in [7, 11) is -3.58. The Balaban J connectivity index is 1.40. The second-order valence-corrected chi connectivity index (χ2v) is 10.3. The van der Waals surface area contributed by atoms with Crippen LogP contribution in [0.3, 0.4) is 0 Å². The van der Waals surface area contributed by atoms with Crippen LogP contribution in [0.25, 0.3) is 11.0 Å². The third-order valence-electron chi connectivity index (χ3n) is 5.82. The predicted octanol–water partition coefficient (Wildman–Crippen LogP) is 3.17. The van der Waals surface area contributed by atoms with Crippen molar-refractivity contribution in [3.63, 3.8) is 0 Å². The van der Waals surface area contributed by atoms with Gasteiger partial charge in [0.05, 0.1) is 11.7 Å². The average molecular weight is 418 g/mol. The number of hydrogen-bond donors (Lipinski definition) is 0. The maximum absolute atomic E-state index is 13.3. The highest BCUT2D eigenvalue weighted by atomic mass is 32.2. The molecule has 2 aromatic heterocycles. The SMILES string of the molecule is Cc1cnc(C2CC2)n1CC1CCCN(S(=O)(=O)c2cccc3nsnc23)C1. The molecule has 1 atom stereocenters. The van der Waals surface area contributed by atoms with Crippen molar-refractivity contribution >= 4 is 32.8 Å². The summed E-state index contributed by atoms with van der Waals surface area (Å²) in [5.41, 5.74) is 2.29. The van der Waals surface area contributed by atoms with Crippen molar-refractivity contribution in [2.75, 3.05) is 13.1 Å². The Kier molecular flexibility index (Phi) is 4.48. The molecule has 7 nitrogen and oxygen atoms in total. The number of aromatic nitrogens is 4. The van der Waals surface area contributed by atoms with Crippen LogP contribution in [-0.2, 0) is 16.6 Å². The van der Waals surface area contributed by atoms with Gasteiger partial charge in [-0.25, -0.2) is 13.4 Å². The van der Waals surface area contributed by atoms with Crippen LogP contribution in [0.1, 0.15) is 43.1 Å². The Morgan fingerprint density at radius 2 is 2.07 bits per heavy atom. The zero-order valence-electron chi connectivity index (χ0n) is 15.8. The largest absolute Gasteiger partial charge is 0.332 e. The summed E-state index contributed by atoms with van der Waals surface area (Å²) < 4.78 is 39.0. The highest BCUT2D eigenvalue weighted by Crippen LogP contribution is 2.40. The van der Waals surface area contributed by atoms with Crippen molar-refractivity contribution in [3.8, 4) is 0 Å². The van der Waals surface area contributed by atoms with Crippen molar-refractivity contribution in [3.05, 3.63) is 35.9 Å². The molecule has 5 rings (SSSR count). The van der Waals surface area contributed by atoms with Gasteiger partial charge in [0.2, 0.25) is 10.0 Å². The number of fused-ring (bicyclic) bond motifs is 1. The molecule has 0 amide bonds. The minimum absolute atomic E-state index is 0.275. The number of benzene rings is 1. The van der Waals surface area contributed by atoms with Gasteiger partial charge in [-0.2, -0.15) is 13.1 Å².